The van der Waals surface area contributed by atoms with E-state index in [1.807, 2.05) is 12.1 Å². The summed E-state index contributed by atoms with van der Waals surface area (Å²) in [7, 11) is 0. The fourth-order valence-corrected chi connectivity index (χ4v) is 3.29. The maximum atomic E-state index is 14.3. The Morgan fingerprint density at radius 2 is 1.90 bits per heavy atom. The summed E-state index contributed by atoms with van der Waals surface area (Å²) >= 11 is 0. The molecule has 0 spiro atoms. The fourth-order valence-electron chi connectivity index (χ4n) is 3.29. The van der Waals surface area contributed by atoms with Gasteiger partial charge in [0.15, 0.2) is 0 Å². The first kappa shape index (κ1) is 16.3. The van der Waals surface area contributed by atoms with E-state index in [9.17, 15) is 4.39 Å². The molecule has 0 bridgehead atoms. The molecule has 1 aliphatic heterocycles. The van der Waals surface area contributed by atoms with Crippen LogP contribution in [0.5, 0.6) is 0 Å². The van der Waals surface area contributed by atoms with Crippen LogP contribution in [0.2, 0.25) is 0 Å². The third kappa shape index (κ3) is 3.97. The van der Waals surface area contributed by atoms with E-state index >= 15 is 0 Å². The summed E-state index contributed by atoms with van der Waals surface area (Å²) in [5.74, 6) is 0.650. The van der Waals surface area contributed by atoms with Crippen molar-refractivity contribution in [3.63, 3.8) is 0 Å². The molecule has 1 heterocycles. The highest BCUT2D eigenvalue weighted by atomic mass is 19.1. The van der Waals surface area contributed by atoms with Gasteiger partial charge in [-0.25, -0.2) is 4.39 Å². The number of nitrogens with one attached hydrogen (secondary N) is 1. The lowest BCUT2D eigenvalue weighted by atomic mass is 9.75. The average Bonchev–Trinajstić information content (AvgIpc) is 2.44. The standard InChI is InChI=1S/C18H29FN2/c1-5-20-13-14-7-6-8-16(19)17(14)21-11-9-15(10-12-21)18(2,3)4/h6-8,15,20H,5,9-13H2,1-4H3. The van der Waals surface area contributed by atoms with Gasteiger partial charge >= 0.3 is 0 Å². The summed E-state index contributed by atoms with van der Waals surface area (Å²) in [4.78, 5) is 2.24. The minimum Gasteiger partial charge on any atom is -0.369 e. The third-order valence-corrected chi connectivity index (χ3v) is 4.67. The molecule has 3 heteroatoms. The van der Waals surface area contributed by atoms with Gasteiger partial charge in [0.25, 0.3) is 0 Å². The van der Waals surface area contributed by atoms with Gasteiger partial charge in [0.2, 0.25) is 0 Å². The number of anilines is 1. The van der Waals surface area contributed by atoms with Gasteiger partial charge in [0.1, 0.15) is 5.82 Å². The molecule has 1 aromatic rings. The van der Waals surface area contributed by atoms with Crippen molar-refractivity contribution in [1.29, 1.82) is 0 Å². The van der Waals surface area contributed by atoms with Crippen LogP contribution in [0, 0.1) is 17.2 Å². The molecule has 2 nitrogen and oxygen atoms in total. The summed E-state index contributed by atoms with van der Waals surface area (Å²) in [6.45, 7) is 12.6. The second kappa shape index (κ2) is 6.78. The SMILES string of the molecule is CCNCc1cccc(F)c1N1CCC(C(C)(C)C)CC1. The van der Waals surface area contributed by atoms with Gasteiger partial charge in [-0.05, 0) is 42.3 Å². The van der Waals surface area contributed by atoms with E-state index < -0.39 is 0 Å². The second-order valence-corrected chi connectivity index (χ2v) is 7.16. The largest absolute Gasteiger partial charge is 0.369 e. The Kier molecular flexibility index (Phi) is 5.26. The maximum Gasteiger partial charge on any atom is 0.146 e. The molecule has 0 saturated carbocycles. The molecule has 0 unspecified atom stereocenters. The number of para-hydroxylation sites is 1. The zero-order chi connectivity index (χ0) is 15.5. The van der Waals surface area contributed by atoms with Gasteiger partial charge < -0.3 is 10.2 Å². The number of halogens is 1. The number of nitrogens with zero attached hydrogens (tertiary/aromatic N) is 1. The van der Waals surface area contributed by atoms with Crippen molar-refractivity contribution in [2.45, 2.75) is 47.1 Å². The first-order valence-corrected chi connectivity index (χ1v) is 8.16. The van der Waals surface area contributed by atoms with Gasteiger partial charge in [0.05, 0.1) is 5.69 Å². The molecule has 0 radical (unpaired) electrons. The van der Waals surface area contributed by atoms with E-state index in [1.54, 1.807) is 6.07 Å². The highest BCUT2D eigenvalue weighted by Crippen LogP contribution is 2.36. The molecule has 0 aliphatic carbocycles. The molecule has 1 fully saturated rings. The zero-order valence-electron chi connectivity index (χ0n) is 13.9. The molecule has 0 amide bonds. The van der Waals surface area contributed by atoms with Gasteiger partial charge in [-0.2, -0.15) is 0 Å². The van der Waals surface area contributed by atoms with Crippen molar-refractivity contribution in [2.24, 2.45) is 11.3 Å². The lowest BCUT2D eigenvalue weighted by molar-refractivity contribution is 0.198. The predicted octanol–water partition coefficient (Wildman–Crippen LogP) is 4.20. The van der Waals surface area contributed by atoms with Gasteiger partial charge in [-0.1, -0.05) is 39.8 Å². The molecule has 118 valence electrons. The Morgan fingerprint density at radius 1 is 1.24 bits per heavy atom. The van der Waals surface area contributed by atoms with Crippen LogP contribution in [0.3, 0.4) is 0 Å². The van der Waals surface area contributed by atoms with Crippen LogP contribution in [0.4, 0.5) is 10.1 Å². The molecule has 0 atom stereocenters. The average molecular weight is 292 g/mol. The van der Waals surface area contributed by atoms with Crippen LogP contribution < -0.4 is 10.2 Å². The minimum absolute atomic E-state index is 0.0837. The first-order chi connectivity index (χ1) is 9.93. The Morgan fingerprint density at radius 3 is 2.48 bits per heavy atom. The molecule has 1 aromatic carbocycles. The van der Waals surface area contributed by atoms with Gasteiger partial charge in [0, 0.05) is 19.6 Å². The van der Waals surface area contributed by atoms with Crippen LogP contribution in [0.15, 0.2) is 18.2 Å². The van der Waals surface area contributed by atoms with E-state index in [0.29, 0.717) is 5.41 Å². The van der Waals surface area contributed by atoms with Crippen LogP contribution in [-0.2, 0) is 6.54 Å². The smallest absolute Gasteiger partial charge is 0.146 e. The van der Waals surface area contributed by atoms with Crippen molar-refractivity contribution >= 4 is 5.69 Å². The van der Waals surface area contributed by atoms with Gasteiger partial charge in [-0.3, -0.25) is 0 Å². The van der Waals surface area contributed by atoms with Crippen LogP contribution >= 0.6 is 0 Å². The maximum absolute atomic E-state index is 14.3. The number of piperidine rings is 1. The Bertz CT molecular complexity index is 457. The summed E-state index contributed by atoms with van der Waals surface area (Å²) in [6, 6.07) is 5.44. The number of hydrogen-bond acceptors (Lipinski definition) is 2. The number of hydrogen-bond donors (Lipinski definition) is 1. The summed E-state index contributed by atoms with van der Waals surface area (Å²) in [5, 5.41) is 3.31. The van der Waals surface area contributed by atoms with Gasteiger partial charge in [-0.15, -0.1) is 0 Å². The number of rotatable bonds is 4. The van der Waals surface area contributed by atoms with E-state index in [1.165, 1.54) is 0 Å². The lowest BCUT2D eigenvalue weighted by Crippen LogP contribution is -2.39. The Balaban J connectivity index is 2.12. The molecular formula is C18H29FN2. The molecule has 2 rings (SSSR count). The molecule has 21 heavy (non-hydrogen) atoms. The summed E-state index contributed by atoms with van der Waals surface area (Å²) < 4.78 is 14.3. The minimum atomic E-state index is -0.0837. The first-order valence-electron chi connectivity index (χ1n) is 8.16. The monoisotopic (exact) mass is 292 g/mol. The highest BCUT2D eigenvalue weighted by molar-refractivity contribution is 5.55. The Hall–Kier alpha value is -1.09. The van der Waals surface area contributed by atoms with E-state index in [2.05, 4.69) is 37.9 Å². The van der Waals surface area contributed by atoms with Crippen molar-refractivity contribution in [1.82, 2.24) is 5.32 Å². The summed E-state index contributed by atoms with van der Waals surface area (Å²) in [5.41, 5.74) is 2.24. The third-order valence-electron chi connectivity index (χ3n) is 4.67. The zero-order valence-corrected chi connectivity index (χ0v) is 13.9. The van der Waals surface area contributed by atoms with Crippen molar-refractivity contribution in [3.05, 3.63) is 29.6 Å². The molecule has 1 saturated heterocycles. The molecule has 1 N–H and O–H groups in total. The normalized spacial score (nSPS) is 17.3. The fraction of sp³-hybridized carbons (Fsp3) is 0.667. The lowest BCUT2D eigenvalue weighted by Gasteiger charge is -2.40. The topological polar surface area (TPSA) is 15.3 Å². The van der Waals surface area contributed by atoms with Crippen molar-refractivity contribution in [3.8, 4) is 0 Å². The van der Waals surface area contributed by atoms with Crippen molar-refractivity contribution < 1.29 is 4.39 Å². The quantitative estimate of drug-likeness (QED) is 0.895. The predicted molar refractivity (Wildman–Crippen MR) is 88.2 cm³/mol. The highest BCUT2D eigenvalue weighted by Gasteiger charge is 2.30. The molecule has 0 aromatic heterocycles. The van der Waals surface area contributed by atoms with Crippen LogP contribution in [0.1, 0.15) is 46.1 Å². The van der Waals surface area contributed by atoms with Crippen LogP contribution in [-0.4, -0.2) is 19.6 Å². The number of benzene rings is 1. The van der Waals surface area contributed by atoms with E-state index in [4.69, 9.17) is 0 Å². The molecular weight excluding hydrogens is 263 g/mol. The van der Waals surface area contributed by atoms with Crippen molar-refractivity contribution in [2.75, 3.05) is 24.5 Å². The second-order valence-electron chi connectivity index (χ2n) is 7.16. The van der Waals surface area contributed by atoms with Crippen LogP contribution in [0.25, 0.3) is 0 Å². The summed E-state index contributed by atoms with van der Waals surface area (Å²) in [6.07, 6.45) is 2.30. The van der Waals surface area contributed by atoms with E-state index in [-0.39, 0.29) is 5.82 Å². The Labute approximate surface area is 128 Å². The van der Waals surface area contributed by atoms with E-state index in [0.717, 1.165) is 56.2 Å². The molecule has 1 aliphatic rings.